The summed E-state index contributed by atoms with van der Waals surface area (Å²) in [5.74, 6) is 0.280. The summed E-state index contributed by atoms with van der Waals surface area (Å²) in [7, 11) is 4.16. The predicted molar refractivity (Wildman–Crippen MR) is 109 cm³/mol. The molecule has 1 aromatic heterocycles. The molecule has 2 aliphatic heterocycles. The van der Waals surface area contributed by atoms with E-state index >= 15 is 0 Å². The van der Waals surface area contributed by atoms with Gasteiger partial charge >= 0.3 is 0 Å². The Balaban J connectivity index is 1.70. The summed E-state index contributed by atoms with van der Waals surface area (Å²) < 4.78 is 1.95. The molecule has 0 aliphatic carbocycles. The second-order valence-corrected chi connectivity index (χ2v) is 8.78. The normalized spacial score (nSPS) is 23.2. The van der Waals surface area contributed by atoms with Gasteiger partial charge in [-0.3, -0.25) is 14.4 Å². The number of piperidine rings is 1. The van der Waals surface area contributed by atoms with Gasteiger partial charge in [-0.2, -0.15) is 5.10 Å². The molecule has 0 N–H and O–H groups in total. The molecule has 0 saturated carbocycles. The lowest BCUT2D eigenvalue weighted by Gasteiger charge is -2.37. The van der Waals surface area contributed by atoms with E-state index in [-0.39, 0.29) is 11.9 Å². The number of amides is 1. The fraction of sp³-hybridized carbons (Fsp3) is 0.810. The van der Waals surface area contributed by atoms with Gasteiger partial charge in [0.2, 0.25) is 5.91 Å². The minimum atomic E-state index is 0.0416. The summed E-state index contributed by atoms with van der Waals surface area (Å²) in [5.41, 5.74) is 2.52. The number of aromatic nitrogens is 2. The van der Waals surface area contributed by atoms with Gasteiger partial charge in [0.15, 0.2) is 0 Å². The minimum absolute atomic E-state index is 0.0416. The first-order chi connectivity index (χ1) is 12.9. The molecular formula is C21H37N5O. The number of aryl methyl sites for hydroxylation is 2. The average molecular weight is 376 g/mol. The zero-order valence-corrected chi connectivity index (χ0v) is 17.9. The Bertz CT molecular complexity index is 647. The molecule has 152 valence electrons. The van der Waals surface area contributed by atoms with Gasteiger partial charge in [-0.1, -0.05) is 6.92 Å². The van der Waals surface area contributed by atoms with E-state index in [9.17, 15) is 4.79 Å². The second kappa shape index (κ2) is 8.31. The third-order valence-corrected chi connectivity index (χ3v) is 6.60. The van der Waals surface area contributed by atoms with Gasteiger partial charge in [-0.15, -0.1) is 0 Å². The number of likely N-dealkylation sites (N-methyl/N-ethyl adjacent to an activating group) is 1. The van der Waals surface area contributed by atoms with Crippen molar-refractivity contribution in [3.8, 4) is 0 Å². The molecule has 3 heterocycles. The van der Waals surface area contributed by atoms with E-state index in [0.717, 1.165) is 56.8 Å². The van der Waals surface area contributed by atoms with Gasteiger partial charge in [0.05, 0.1) is 11.7 Å². The number of hydrogen-bond acceptors (Lipinski definition) is 4. The van der Waals surface area contributed by atoms with E-state index in [1.165, 1.54) is 12.8 Å². The third-order valence-electron chi connectivity index (χ3n) is 6.60. The van der Waals surface area contributed by atoms with Crippen molar-refractivity contribution in [2.45, 2.75) is 65.6 Å². The zero-order valence-electron chi connectivity index (χ0n) is 17.9. The molecule has 1 aromatic rings. The fourth-order valence-electron chi connectivity index (χ4n) is 4.83. The molecule has 1 spiro atoms. The SMILES string of the molecule is CCCN1CC2(CCN(C)CC2)C[C@H]1C(=O)N(C)Cc1cn(CC)nc1C. The highest BCUT2D eigenvalue weighted by atomic mass is 16.2. The van der Waals surface area contributed by atoms with E-state index in [1.54, 1.807) is 0 Å². The standard InChI is InChI=1S/C21H37N5O/c1-6-10-25-16-21(8-11-23(4)12-9-21)13-19(25)20(27)24(5)14-18-15-26(7-2)22-17(18)3/h15,19H,6-14,16H2,1-5H3/t19-/m0/s1. The number of hydrogen-bond donors (Lipinski definition) is 0. The van der Waals surface area contributed by atoms with Crippen molar-refractivity contribution >= 4 is 5.91 Å². The van der Waals surface area contributed by atoms with Crippen molar-refractivity contribution in [2.75, 3.05) is 40.3 Å². The maximum atomic E-state index is 13.4. The maximum absolute atomic E-state index is 13.4. The average Bonchev–Trinajstić information content (AvgIpc) is 3.18. The van der Waals surface area contributed by atoms with Gasteiger partial charge in [0, 0.05) is 38.4 Å². The van der Waals surface area contributed by atoms with E-state index in [2.05, 4.69) is 42.0 Å². The Kier molecular flexibility index (Phi) is 6.26. The second-order valence-electron chi connectivity index (χ2n) is 8.78. The van der Waals surface area contributed by atoms with Crippen LogP contribution in [0.1, 0.15) is 50.8 Å². The third kappa shape index (κ3) is 4.37. The van der Waals surface area contributed by atoms with Gasteiger partial charge in [-0.25, -0.2) is 0 Å². The van der Waals surface area contributed by atoms with Crippen molar-refractivity contribution < 1.29 is 4.79 Å². The van der Waals surface area contributed by atoms with Crippen LogP contribution in [0.3, 0.4) is 0 Å². The molecule has 0 bridgehead atoms. The summed E-state index contributed by atoms with van der Waals surface area (Å²) in [6.07, 6.45) is 6.65. The van der Waals surface area contributed by atoms with Crippen LogP contribution in [0.2, 0.25) is 0 Å². The molecule has 2 saturated heterocycles. The molecule has 2 aliphatic rings. The first kappa shape index (κ1) is 20.3. The molecule has 1 atom stereocenters. The Labute approximate surface area is 164 Å². The number of nitrogens with zero attached hydrogens (tertiary/aromatic N) is 5. The highest BCUT2D eigenvalue weighted by molar-refractivity contribution is 5.82. The van der Waals surface area contributed by atoms with Crippen LogP contribution in [0.5, 0.6) is 0 Å². The van der Waals surface area contributed by atoms with E-state index < -0.39 is 0 Å². The minimum Gasteiger partial charge on any atom is -0.340 e. The van der Waals surface area contributed by atoms with Crippen molar-refractivity contribution in [1.29, 1.82) is 0 Å². The molecule has 6 nitrogen and oxygen atoms in total. The van der Waals surface area contributed by atoms with Crippen LogP contribution in [0, 0.1) is 12.3 Å². The van der Waals surface area contributed by atoms with Crippen LogP contribution in [0.15, 0.2) is 6.20 Å². The summed E-state index contributed by atoms with van der Waals surface area (Å²) in [4.78, 5) is 20.2. The van der Waals surface area contributed by atoms with Crippen LogP contribution < -0.4 is 0 Å². The van der Waals surface area contributed by atoms with Crippen molar-refractivity contribution in [2.24, 2.45) is 5.41 Å². The summed E-state index contributed by atoms with van der Waals surface area (Å²) >= 11 is 0. The number of carbonyl (C=O) groups excluding carboxylic acids is 1. The predicted octanol–water partition coefficient (Wildman–Crippen LogP) is 2.37. The molecular weight excluding hydrogens is 338 g/mol. The molecule has 3 rings (SSSR count). The zero-order chi connectivity index (χ0) is 19.6. The van der Waals surface area contributed by atoms with Crippen LogP contribution >= 0.6 is 0 Å². The van der Waals surface area contributed by atoms with Crippen molar-refractivity contribution in [1.82, 2.24) is 24.5 Å². The number of rotatable bonds is 6. The Hall–Kier alpha value is -1.40. The molecule has 0 radical (unpaired) electrons. The van der Waals surface area contributed by atoms with E-state index in [1.807, 2.05) is 23.6 Å². The number of carbonyl (C=O) groups is 1. The first-order valence-corrected chi connectivity index (χ1v) is 10.6. The summed E-state index contributed by atoms with van der Waals surface area (Å²) in [5, 5.41) is 4.52. The van der Waals surface area contributed by atoms with Gasteiger partial charge in [0.25, 0.3) is 0 Å². The van der Waals surface area contributed by atoms with Gasteiger partial charge < -0.3 is 9.80 Å². The van der Waals surface area contributed by atoms with E-state index in [4.69, 9.17) is 0 Å². The highest BCUT2D eigenvalue weighted by Gasteiger charge is 2.47. The van der Waals surface area contributed by atoms with Crippen LogP contribution in [0.25, 0.3) is 0 Å². The smallest absolute Gasteiger partial charge is 0.239 e. The lowest BCUT2D eigenvalue weighted by Crippen LogP contribution is -2.44. The molecule has 0 unspecified atom stereocenters. The van der Waals surface area contributed by atoms with Gasteiger partial charge in [0.1, 0.15) is 0 Å². The summed E-state index contributed by atoms with van der Waals surface area (Å²) in [6, 6.07) is 0.0416. The monoisotopic (exact) mass is 375 g/mol. The number of likely N-dealkylation sites (tertiary alicyclic amines) is 2. The molecule has 2 fully saturated rings. The molecule has 6 heteroatoms. The van der Waals surface area contributed by atoms with Crippen molar-refractivity contribution in [3.05, 3.63) is 17.5 Å². The topological polar surface area (TPSA) is 44.6 Å². The Morgan fingerprint density at radius 2 is 2.04 bits per heavy atom. The van der Waals surface area contributed by atoms with Crippen LogP contribution in [-0.2, 0) is 17.9 Å². The quantitative estimate of drug-likeness (QED) is 0.766. The Morgan fingerprint density at radius 1 is 1.33 bits per heavy atom. The first-order valence-electron chi connectivity index (χ1n) is 10.6. The maximum Gasteiger partial charge on any atom is 0.239 e. The Morgan fingerprint density at radius 3 is 2.63 bits per heavy atom. The van der Waals surface area contributed by atoms with Crippen LogP contribution in [-0.4, -0.2) is 76.7 Å². The molecule has 1 amide bonds. The summed E-state index contributed by atoms with van der Waals surface area (Å²) in [6.45, 7) is 12.3. The van der Waals surface area contributed by atoms with E-state index in [0.29, 0.717) is 12.0 Å². The van der Waals surface area contributed by atoms with Gasteiger partial charge in [-0.05, 0) is 71.6 Å². The largest absolute Gasteiger partial charge is 0.340 e. The lowest BCUT2D eigenvalue weighted by molar-refractivity contribution is -0.135. The van der Waals surface area contributed by atoms with Crippen molar-refractivity contribution in [3.63, 3.8) is 0 Å². The highest BCUT2D eigenvalue weighted by Crippen LogP contribution is 2.43. The molecule has 0 aromatic carbocycles. The molecule has 27 heavy (non-hydrogen) atoms. The lowest BCUT2D eigenvalue weighted by atomic mass is 9.76. The fourth-order valence-corrected chi connectivity index (χ4v) is 4.83. The van der Waals surface area contributed by atoms with Crippen LogP contribution in [0.4, 0.5) is 0 Å².